The number of aromatic nitrogens is 1. The fourth-order valence-electron chi connectivity index (χ4n) is 2.88. The van der Waals surface area contributed by atoms with E-state index >= 15 is 0 Å². The summed E-state index contributed by atoms with van der Waals surface area (Å²) in [6.07, 6.45) is 0. The average Bonchev–Trinajstić information content (AvgIpc) is 3.49. The minimum atomic E-state index is -0.0722. The first-order valence-electron chi connectivity index (χ1n) is 8.66. The number of thiophene rings is 2. The number of thiazole rings is 1. The van der Waals surface area contributed by atoms with Crippen molar-refractivity contribution in [2.75, 3.05) is 7.11 Å². The van der Waals surface area contributed by atoms with Crippen molar-refractivity contribution in [2.24, 2.45) is 0 Å². The van der Waals surface area contributed by atoms with Crippen LogP contribution in [-0.4, -0.2) is 22.9 Å². The molecular formula is C21H18N2O2S3. The molecule has 4 rings (SSSR count). The van der Waals surface area contributed by atoms with E-state index in [1.165, 1.54) is 11.3 Å². The Kier molecular flexibility index (Phi) is 5.85. The molecule has 0 radical (unpaired) electrons. The van der Waals surface area contributed by atoms with E-state index in [1.54, 1.807) is 29.8 Å². The summed E-state index contributed by atoms with van der Waals surface area (Å²) in [5.41, 5.74) is 2.52. The predicted molar refractivity (Wildman–Crippen MR) is 116 cm³/mol. The molecule has 0 saturated carbocycles. The first-order chi connectivity index (χ1) is 13.7. The second-order valence-electron chi connectivity index (χ2n) is 6.10. The summed E-state index contributed by atoms with van der Waals surface area (Å²) in [6.45, 7) is 1.01. The molecule has 3 heterocycles. The second kappa shape index (κ2) is 8.68. The van der Waals surface area contributed by atoms with Crippen molar-refractivity contribution in [1.29, 1.82) is 0 Å². The molecule has 0 unspecified atom stereocenters. The van der Waals surface area contributed by atoms with Crippen LogP contribution in [0, 0.1) is 0 Å². The lowest BCUT2D eigenvalue weighted by atomic mass is 10.1. The number of nitrogens with zero attached hydrogens (tertiary/aromatic N) is 2. The Morgan fingerprint density at radius 3 is 2.68 bits per heavy atom. The third-order valence-electron chi connectivity index (χ3n) is 4.26. The van der Waals surface area contributed by atoms with Crippen molar-refractivity contribution < 1.29 is 9.53 Å². The van der Waals surface area contributed by atoms with Gasteiger partial charge in [0.2, 0.25) is 0 Å². The van der Waals surface area contributed by atoms with Gasteiger partial charge in [-0.15, -0.1) is 22.7 Å². The molecule has 0 aliphatic carbocycles. The van der Waals surface area contributed by atoms with Crippen LogP contribution in [0.3, 0.4) is 0 Å². The highest BCUT2D eigenvalue weighted by Crippen LogP contribution is 2.28. The minimum Gasteiger partial charge on any atom is -0.496 e. The average molecular weight is 427 g/mol. The SMILES string of the molecule is COc1ccccc1CN(Cc1cccs1)C(=O)c1csc(-c2ccsc2)n1. The molecule has 7 heteroatoms. The number of carbonyl (C=O) groups is 1. The molecule has 0 fully saturated rings. The highest BCUT2D eigenvalue weighted by atomic mass is 32.1. The standard InChI is InChI=1S/C21H18N2O2S3/c1-25-19-7-3-2-5-15(19)11-23(12-17-6-4-9-27-17)21(24)18-14-28-20(22-18)16-8-10-26-13-16/h2-10,13-14H,11-12H2,1H3. The summed E-state index contributed by atoms with van der Waals surface area (Å²) in [6, 6.07) is 13.9. The normalized spacial score (nSPS) is 10.8. The molecule has 0 atom stereocenters. The number of amides is 1. The number of ether oxygens (including phenoxy) is 1. The molecule has 0 spiro atoms. The number of carbonyl (C=O) groups excluding carboxylic acids is 1. The van der Waals surface area contributed by atoms with E-state index in [4.69, 9.17) is 4.74 Å². The van der Waals surface area contributed by atoms with E-state index in [-0.39, 0.29) is 5.91 Å². The summed E-state index contributed by atoms with van der Waals surface area (Å²) in [7, 11) is 1.65. The molecule has 0 N–H and O–H groups in total. The quantitative estimate of drug-likeness (QED) is 0.376. The number of hydrogen-bond acceptors (Lipinski definition) is 6. The van der Waals surface area contributed by atoms with Gasteiger partial charge in [0.25, 0.3) is 5.91 Å². The summed E-state index contributed by atoms with van der Waals surface area (Å²) >= 11 is 4.77. The molecule has 0 bridgehead atoms. The van der Waals surface area contributed by atoms with Crippen LogP contribution in [0.5, 0.6) is 5.75 Å². The Balaban J connectivity index is 1.62. The zero-order valence-electron chi connectivity index (χ0n) is 15.2. The number of benzene rings is 1. The predicted octanol–water partition coefficient (Wildman–Crippen LogP) is 5.78. The van der Waals surface area contributed by atoms with Crippen molar-refractivity contribution in [2.45, 2.75) is 13.1 Å². The fourth-order valence-corrected chi connectivity index (χ4v) is 5.11. The lowest BCUT2D eigenvalue weighted by Gasteiger charge is -2.22. The Hall–Kier alpha value is -2.48. The maximum absolute atomic E-state index is 13.3. The third kappa shape index (κ3) is 4.16. The van der Waals surface area contributed by atoms with E-state index in [9.17, 15) is 4.79 Å². The molecule has 1 aromatic carbocycles. The Morgan fingerprint density at radius 1 is 1.04 bits per heavy atom. The molecular weight excluding hydrogens is 408 g/mol. The highest BCUT2D eigenvalue weighted by molar-refractivity contribution is 7.14. The van der Waals surface area contributed by atoms with Gasteiger partial charge in [0.1, 0.15) is 16.5 Å². The van der Waals surface area contributed by atoms with Crippen LogP contribution in [0.4, 0.5) is 0 Å². The van der Waals surface area contributed by atoms with Crippen LogP contribution in [-0.2, 0) is 13.1 Å². The Labute approximate surface area is 175 Å². The van der Waals surface area contributed by atoms with Crippen LogP contribution < -0.4 is 4.74 Å². The van der Waals surface area contributed by atoms with Gasteiger partial charge in [-0.1, -0.05) is 24.3 Å². The van der Waals surface area contributed by atoms with Crippen LogP contribution in [0.25, 0.3) is 10.6 Å². The molecule has 1 amide bonds. The van der Waals surface area contributed by atoms with Gasteiger partial charge >= 0.3 is 0 Å². The first-order valence-corrected chi connectivity index (χ1v) is 11.4. The third-order valence-corrected chi connectivity index (χ3v) is 6.69. The van der Waals surface area contributed by atoms with Crippen LogP contribution >= 0.6 is 34.0 Å². The van der Waals surface area contributed by atoms with Gasteiger partial charge in [0.15, 0.2) is 0 Å². The van der Waals surface area contributed by atoms with Crippen molar-refractivity contribution in [3.8, 4) is 16.3 Å². The van der Waals surface area contributed by atoms with Crippen LogP contribution in [0.15, 0.2) is 64.0 Å². The zero-order chi connectivity index (χ0) is 19.3. The van der Waals surface area contributed by atoms with E-state index < -0.39 is 0 Å². The molecule has 0 aliphatic heterocycles. The topological polar surface area (TPSA) is 42.4 Å². The summed E-state index contributed by atoms with van der Waals surface area (Å²) in [5, 5.41) is 8.81. The Bertz CT molecular complexity index is 1040. The van der Waals surface area contributed by atoms with Crippen LogP contribution in [0.1, 0.15) is 20.9 Å². The number of methoxy groups -OCH3 is 1. The maximum atomic E-state index is 13.3. The van der Waals surface area contributed by atoms with Gasteiger partial charge in [-0.2, -0.15) is 11.3 Å². The molecule has 0 saturated heterocycles. The number of para-hydroxylation sites is 1. The largest absolute Gasteiger partial charge is 0.496 e. The van der Waals surface area contributed by atoms with E-state index in [0.29, 0.717) is 18.8 Å². The van der Waals surface area contributed by atoms with Crippen molar-refractivity contribution in [3.63, 3.8) is 0 Å². The Morgan fingerprint density at radius 2 is 1.93 bits per heavy atom. The van der Waals surface area contributed by atoms with Gasteiger partial charge < -0.3 is 9.64 Å². The highest BCUT2D eigenvalue weighted by Gasteiger charge is 2.21. The molecule has 142 valence electrons. The molecule has 4 aromatic rings. The smallest absolute Gasteiger partial charge is 0.273 e. The molecule has 0 aliphatic rings. The van der Waals surface area contributed by atoms with Gasteiger partial charge in [0, 0.05) is 26.8 Å². The minimum absolute atomic E-state index is 0.0722. The van der Waals surface area contributed by atoms with E-state index in [2.05, 4.69) is 4.98 Å². The van der Waals surface area contributed by atoms with Gasteiger partial charge in [0.05, 0.1) is 20.2 Å². The molecule has 28 heavy (non-hydrogen) atoms. The number of rotatable bonds is 7. The summed E-state index contributed by atoms with van der Waals surface area (Å²) in [5.74, 6) is 0.709. The van der Waals surface area contributed by atoms with Gasteiger partial charge in [-0.3, -0.25) is 4.79 Å². The number of hydrogen-bond donors (Lipinski definition) is 0. The van der Waals surface area contributed by atoms with E-state index in [1.807, 2.05) is 68.9 Å². The lowest BCUT2D eigenvalue weighted by Crippen LogP contribution is -2.30. The second-order valence-corrected chi connectivity index (χ2v) is 8.77. The van der Waals surface area contributed by atoms with Gasteiger partial charge in [-0.25, -0.2) is 4.98 Å². The maximum Gasteiger partial charge on any atom is 0.273 e. The van der Waals surface area contributed by atoms with Crippen molar-refractivity contribution >= 4 is 39.9 Å². The van der Waals surface area contributed by atoms with Crippen molar-refractivity contribution in [3.05, 3.63) is 80.1 Å². The van der Waals surface area contributed by atoms with E-state index in [0.717, 1.165) is 26.8 Å². The first kappa shape index (κ1) is 18.9. The fraction of sp³-hybridized carbons (Fsp3) is 0.143. The monoisotopic (exact) mass is 426 g/mol. The van der Waals surface area contributed by atoms with Crippen LogP contribution in [0.2, 0.25) is 0 Å². The summed E-state index contributed by atoms with van der Waals surface area (Å²) in [4.78, 5) is 20.9. The molecule has 3 aromatic heterocycles. The van der Waals surface area contributed by atoms with Gasteiger partial charge in [-0.05, 0) is 29.0 Å². The zero-order valence-corrected chi connectivity index (χ0v) is 17.7. The summed E-state index contributed by atoms with van der Waals surface area (Å²) < 4.78 is 5.47. The molecule has 4 nitrogen and oxygen atoms in total. The van der Waals surface area contributed by atoms with Crippen molar-refractivity contribution in [1.82, 2.24) is 9.88 Å². The lowest BCUT2D eigenvalue weighted by molar-refractivity contribution is 0.0725.